The molecule has 2 N–H and O–H groups in total. The number of benzene rings is 1. The summed E-state index contributed by atoms with van der Waals surface area (Å²) in [4.78, 5) is 11.4. The number of nitrogens with zero attached hydrogens (tertiary/aromatic N) is 1. The van der Waals surface area contributed by atoms with E-state index in [1.807, 2.05) is 0 Å². The number of esters is 1. The Balaban J connectivity index is 3.47. The molecular formula is C11H9F3N2O3. The van der Waals surface area contributed by atoms with Crippen molar-refractivity contribution in [3.05, 3.63) is 28.8 Å². The SMILES string of the molecule is COC(=O)c1ccc(CN)c(OC(F)(F)F)c1C#N. The molecule has 0 aliphatic carbocycles. The Morgan fingerprint density at radius 2 is 2.11 bits per heavy atom. The van der Waals surface area contributed by atoms with E-state index in [1.165, 1.54) is 12.1 Å². The molecule has 0 radical (unpaired) electrons. The summed E-state index contributed by atoms with van der Waals surface area (Å²) in [7, 11) is 1.05. The topological polar surface area (TPSA) is 85.3 Å². The van der Waals surface area contributed by atoms with Gasteiger partial charge in [0.05, 0.1) is 12.7 Å². The van der Waals surface area contributed by atoms with Gasteiger partial charge < -0.3 is 15.2 Å². The monoisotopic (exact) mass is 274 g/mol. The third kappa shape index (κ3) is 3.35. The van der Waals surface area contributed by atoms with E-state index in [1.54, 1.807) is 0 Å². The summed E-state index contributed by atoms with van der Waals surface area (Å²) < 4.78 is 45.1. The third-order valence-electron chi connectivity index (χ3n) is 2.19. The molecule has 0 unspecified atom stereocenters. The quantitative estimate of drug-likeness (QED) is 0.848. The minimum Gasteiger partial charge on any atom is -0.465 e. The maximum absolute atomic E-state index is 12.3. The van der Waals surface area contributed by atoms with Crippen LogP contribution in [0.1, 0.15) is 21.5 Å². The zero-order valence-electron chi connectivity index (χ0n) is 9.75. The average Bonchev–Trinajstić information content (AvgIpc) is 2.35. The normalized spacial score (nSPS) is 10.7. The molecule has 19 heavy (non-hydrogen) atoms. The Labute approximate surface area is 106 Å². The summed E-state index contributed by atoms with van der Waals surface area (Å²) in [5.74, 6) is -1.72. The van der Waals surface area contributed by atoms with E-state index in [2.05, 4.69) is 9.47 Å². The summed E-state index contributed by atoms with van der Waals surface area (Å²) in [6.45, 7) is -0.276. The lowest BCUT2D eigenvalue weighted by molar-refractivity contribution is -0.275. The first-order valence-electron chi connectivity index (χ1n) is 4.94. The lowest BCUT2D eigenvalue weighted by Crippen LogP contribution is -2.20. The highest BCUT2D eigenvalue weighted by atomic mass is 19.4. The van der Waals surface area contributed by atoms with Gasteiger partial charge in [0.2, 0.25) is 0 Å². The van der Waals surface area contributed by atoms with Gasteiger partial charge in [-0.15, -0.1) is 13.2 Å². The Hall–Kier alpha value is -2.27. The van der Waals surface area contributed by atoms with Crippen LogP contribution >= 0.6 is 0 Å². The molecule has 1 rings (SSSR count). The number of carbonyl (C=O) groups excluding carboxylic acids is 1. The van der Waals surface area contributed by atoms with Gasteiger partial charge in [0.15, 0.2) is 5.75 Å². The van der Waals surface area contributed by atoms with Crippen molar-refractivity contribution in [2.75, 3.05) is 7.11 Å². The van der Waals surface area contributed by atoms with Gasteiger partial charge in [-0.2, -0.15) is 5.26 Å². The molecule has 0 saturated carbocycles. The third-order valence-corrected chi connectivity index (χ3v) is 2.19. The van der Waals surface area contributed by atoms with E-state index in [0.717, 1.165) is 13.2 Å². The van der Waals surface area contributed by atoms with Crippen molar-refractivity contribution in [1.82, 2.24) is 0 Å². The molecule has 0 fully saturated rings. The second-order valence-electron chi connectivity index (χ2n) is 3.33. The number of hydrogen-bond donors (Lipinski definition) is 1. The summed E-state index contributed by atoms with van der Waals surface area (Å²) in [5.41, 5.74) is 4.36. The molecule has 0 atom stereocenters. The molecule has 0 aliphatic rings. The first kappa shape index (κ1) is 14.8. The van der Waals surface area contributed by atoms with Gasteiger partial charge in [-0.05, 0) is 6.07 Å². The minimum absolute atomic E-state index is 0.0403. The van der Waals surface area contributed by atoms with Crippen LogP contribution in [0.2, 0.25) is 0 Å². The Kier molecular flexibility index (Phi) is 4.34. The highest BCUT2D eigenvalue weighted by Crippen LogP contribution is 2.32. The first-order chi connectivity index (χ1) is 8.84. The van der Waals surface area contributed by atoms with Crippen molar-refractivity contribution < 1.29 is 27.4 Å². The predicted octanol–water partition coefficient (Wildman–Crippen LogP) is 1.70. The molecule has 1 aromatic carbocycles. The van der Waals surface area contributed by atoms with Crippen molar-refractivity contribution in [2.24, 2.45) is 5.73 Å². The molecule has 5 nitrogen and oxygen atoms in total. The molecule has 0 aliphatic heterocycles. The Morgan fingerprint density at radius 3 is 2.53 bits per heavy atom. The van der Waals surface area contributed by atoms with E-state index in [4.69, 9.17) is 11.0 Å². The fourth-order valence-electron chi connectivity index (χ4n) is 1.41. The van der Waals surface area contributed by atoms with Crippen molar-refractivity contribution in [3.63, 3.8) is 0 Å². The summed E-state index contributed by atoms with van der Waals surface area (Å²) in [5, 5.41) is 8.91. The second-order valence-corrected chi connectivity index (χ2v) is 3.33. The number of carbonyl (C=O) groups is 1. The fraction of sp³-hybridized carbons (Fsp3) is 0.273. The van der Waals surface area contributed by atoms with Gasteiger partial charge in [-0.3, -0.25) is 0 Å². The standard InChI is InChI=1S/C11H9F3N2O3/c1-18-10(17)7-3-2-6(4-15)9(8(7)5-16)19-11(12,13)14/h2-3H,4,15H2,1H3. The highest BCUT2D eigenvalue weighted by molar-refractivity contribution is 5.93. The maximum Gasteiger partial charge on any atom is 0.573 e. The molecule has 1 aromatic rings. The first-order valence-corrected chi connectivity index (χ1v) is 4.94. The number of methoxy groups -OCH3 is 1. The van der Waals surface area contributed by atoms with Gasteiger partial charge in [0.1, 0.15) is 11.6 Å². The lowest BCUT2D eigenvalue weighted by atomic mass is 10.0. The van der Waals surface area contributed by atoms with Gasteiger partial charge >= 0.3 is 12.3 Å². The van der Waals surface area contributed by atoms with Crippen LogP contribution in [-0.2, 0) is 11.3 Å². The van der Waals surface area contributed by atoms with Crippen LogP contribution in [0, 0.1) is 11.3 Å². The summed E-state index contributed by atoms with van der Waals surface area (Å²) in [6, 6.07) is 3.83. The largest absolute Gasteiger partial charge is 0.573 e. The zero-order valence-corrected chi connectivity index (χ0v) is 9.75. The lowest BCUT2D eigenvalue weighted by Gasteiger charge is -2.15. The van der Waals surface area contributed by atoms with Crippen LogP contribution in [0.3, 0.4) is 0 Å². The van der Waals surface area contributed by atoms with Crippen LogP contribution < -0.4 is 10.5 Å². The number of rotatable bonds is 3. The second kappa shape index (κ2) is 5.58. The molecule has 0 bridgehead atoms. The molecule has 0 spiro atoms. The van der Waals surface area contributed by atoms with Crippen molar-refractivity contribution in [3.8, 4) is 11.8 Å². The fourth-order valence-corrected chi connectivity index (χ4v) is 1.41. The molecular weight excluding hydrogens is 265 g/mol. The molecule has 0 aromatic heterocycles. The van der Waals surface area contributed by atoms with E-state index in [9.17, 15) is 18.0 Å². The van der Waals surface area contributed by atoms with Crippen LogP contribution in [0.15, 0.2) is 12.1 Å². The van der Waals surface area contributed by atoms with Gasteiger partial charge in [0, 0.05) is 12.1 Å². The van der Waals surface area contributed by atoms with Gasteiger partial charge in [-0.1, -0.05) is 6.07 Å². The van der Waals surface area contributed by atoms with E-state index >= 15 is 0 Å². The van der Waals surface area contributed by atoms with Crippen LogP contribution in [-0.4, -0.2) is 19.4 Å². The average molecular weight is 274 g/mol. The number of alkyl halides is 3. The molecule has 0 saturated heterocycles. The number of nitriles is 1. The summed E-state index contributed by atoms with van der Waals surface area (Å²) >= 11 is 0. The molecule has 0 amide bonds. The van der Waals surface area contributed by atoms with Crippen molar-refractivity contribution in [2.45, 2.75) is 12.9 Å². The number of nitrogens with two attached hydrogens (primary N) is 1. The molecule has 0 heterocycles. The number of halogens is 3. The Morgan fingerprint density at radius 1 is 1.47 bits per heavy atom. The van der Waals surface area contributed by atoms with E-state index < -0.39 is 23.6 Å². The smallest absolute Gasteiger partial charge is 0.465 e. The number of hydrogen-bond acceptors (Lipinski definition) is 5. The van der Waals surface area contributed by atoms with Gasteiger partial charge in [-0.25, -0.2) is 4.79 Å². The Bertz CT molecular complexity index is 535. The van der Waals surface area contributed by atoms with E-state index in [0.29, 0.717) is 0 Å². The van der Waals surface area contributed by atoms with E-state index in [-0.39, 0.29) is 17.7 Å². The van der Waals surface area contributed by atoms with Gasteiger partial charge in [0.25, 0.3) is 0 Å². The zero-order chi connectivity index (χ0) is 14.6. The molecule has 8 heteroatoms. The minimum atomic E-state index is -5.00. The maximum atomic E-state index is 12.3. The van der Waals surface area contributed by atoms with Crippen molar-refractivity contribution >= 4 is 5.97 Å². The number of ether oxygens (including phenoxy) is 2. The molecule has 102 valence electrons. The predicted molar refractivity (Wildman–Crippen MR) is 57.1 cm³/mol. The van der Waals surface area contributed by atoms with Crippen LogP contribution in [0.5, 0.6) is 5.75 Å². The van der Waals surface area contributed by atoms with Crippen LogP contribution in [0.4, 0.5) is 13.2 Å². The summed E-state index contributed by atoms with van der Waals surface area (Å²) in [6.07, 6.45) is -5.00. The highest BCUT2D eigenvalue weighted by Gasteiger charge is 2.34. The van der Waals surface area contributed by atoms with Crippen molar-refractivity contribution in [1.29, 1.82) is 5.26 Å². The van der Waals surface area contributed by atoms with Crippen LogP contribution in [0.25, 0.3) is 0 Å².